The van der Waals surface area contributed by atoms with Gasteiger partial charge in [-0.05, 0) is 36.8 Å². The Hall–Kier alpha value is -2.43. The molecule has 0 saturated heterocycles. The fraction of sp³-hybridized carbons (Fsp3) is 0.235. The van der Waals surface area contributed by atoms with Crippen molar-refractivity contribution in [2.75, 3.05) is 13.7 Å². The van der Waals surface area contributed by atoms with E-state index in [1.165, 1.54) is 19.1 Å². The van der Waals surface area contributed by atoms with Crippen LogP contribution in [0.2, 0.25) is 0 Å². The molecular weight excluding hydrogens is 284 g/mol. The van der Waals surface area contributed by atoms with Crippen molar-refractivity contribution in [2.24, 2.45) is 0 Å². The Labute approximate surface area is 128 Å². The van der Waals surface area contributed by atoms with Crippen LogP contribution >= 0.6 is 0 Å². The molecule has 0 spiro atoms. The number of halogens is 2. The summed E-state index contributed by atoms with van der Waals surface area (Å²) in [5, 5.41) is 0. The quantitative estimate of drug-likeness (QED) is 0.865. The first-order valence-corrected chi connectivity index (χ1v) is 7.07. The molecule has 0 fully saturated rings. The fourth-order valence-corrected chi connectivity index (χ4v) is 2.51. The molecule has 2 aromatic rings. The highest BCUT2D eigenvalue weighted by Gasteiger charge is 2.14. The van der Waals surface area contributed by atoms with E-state index in [2.05, 4.69) is 14.8 Å². The summed E-state index contributed by atoms with van der Waals surface area (Å²) in [7, 11) is 2.01. The minimum Gasteiger partial charge on any atom is -0.362 e. The number of benzene rings is 1. The van der Waals surface area contributed by atoms with Gasteiger partial charge in [0.05, 0.1) is 12.4 Å². The molecule has 0 radical (unpaired) electrons. The summed E-state index contributed by atoms with van der Waals surface area (Å²) < 4.78 is 27.6. The van der Waals surface area contributed by atoms with Gasteiger partial charge >= 0.3 is 0 Å². The summed E-state index contributed by atoms with van der Waals surface area (Å²) in [6, 6.07) is 6.47. The molecule has 1 aliphatic heterocycles. The maximum Gasteiger partial charge on any atom is 0.138 e. The molecule has 0 saturated carbocycles. The van der Waals surface area contributed by atoms with Crippen LogP contribution in [0.1, 0.15) is 11.1 Å². The van der Waals surface area contributed by atoms with Gasteiger partial charge in [0.1, 0.15) is 11.6 Å². The van der Waals surface area contributed by atoms with Crippen LogP contribution in [0.3, 0.4) is 0 Å². The van der Waals surface area contributed by atoms with Gasteiger partial charge in [0.2, 0.25) is 0 Å². The topological polar surface area (TPSA) is 19.4 Å². The molecule has 0 unspecified atom stereocenters. The van der Waals surface area contributed by atoms with E-state index in [1.54, 1.807) is 6.20 Å². The van der Waals surface area contributed by atoms with Crippen molar-refractivity contribution in [3.8, 4) is 11.3 Å². The average molecular weight is 301 g/mol. The number of aromatic nitrogens is 1. The molecule has 114 valence electrons. The van der Waals surface area contributed by atoms with Crippen molar-refractivity contribution in [1.29, 1.82) is 0 Å². The lowest BCUT2D eigenvalue weighted by Crippen LogP contribution is -2.21. The van der Waals surface area contributed by atoms with E-state index in [4.69, 9.17) is 0 Å². The molecule has 0 aliphatic carbocycles. The smallest absolute Gasteiger partial charge is 0.138 e. The van der Waals surface area contributed by atoms with Crippen LogP contribution in [0, 0.1) is 18.6 Å². The van der Waals surface area contributed by atoms with Crippen molar-refractivity contribution in [1.82, 2.24) is 14.8 Å². The van der Waals surface area contributed by atoms with Crippen molar-refractivity contribution in [3.63, 3.8) is 0 Å². The second-order valence-electron chi connectivity index (χ2n) is 5.53. The highest BCUT2D eigenvalue weighted by atomic mass is 19.1. The molecule has 22 heavy (non-hydrogen) atoms. The predicted molar refractivity (Wildman–Crippen MR) is 81.6 cm³/mol. The van der Waals surface area contributed by atoms with Gasteiger partial charge in [0, 0.05) is 43.3 Å². The monoisotopic (exact) mass is 301 g/mol. The normalized spacial score (nSPS) is 14.0. The zero-order valence-electron chi connectivity index (χ0n) is 12.6. The largest absolute Gasteiger partial charge is 0.362 e. The molecule has 5 heteroatoms. The minimum absolute atomic E-state index is 0.0220. The van der Waals surface area contributed by atoms with Crippen molar-refractivity contribution >= 4 is 0 Å². The molecule has 3 rings (SSSR count). The lowest BCUT2D eigenvalue weighted by molar-refractivity contribution is 0.291. The predicted octanol–water partition coefficient (Wildman–Crippen LogP) is 3.51. The molecule has 0 bridgehead atoms. The van der Waals surface area contributed by atoms with E-state index in [-0.39, 0.29) is 5.56 Å². The molecule has 0 amide bonds. The number of hydrogen-bond donors (Lipinski definition) is 0. The van der Waals surface area contributed by atoms with Crippen LogP contribution in [-0.2, 0) is 6.54 Å². The first-order valence-electron chi connectivity index (χ1n) is 7.07. The molecule has 1 aromatic heterocycles. The lowest BCUT2D eigenvalue weighted by atomic mass is 10.0. The summed E-state index contributed by atoms with van der Waals surface area (Å²) in [4.78, 5) is 8.44. The summed E-state index contributed by atoms with van der Waals surface area (Å²) in [5.41, 5.74) is 1.91. The van der Waals surface area contributed by atoms with Crippen LogP contribution < -0.4 is 0 Å². The molecule has 2 heterocycles. The third-order valence-electron chi connectivity index (χ3n) is 3.74. The number of pyridine rings is 1. The van der Waals surface area contributed by atoms with Crippen LogP contribution in [0.4, 0.5) is 8.78 Å². The van der Waals surface area contributed by atoms with E-state index in [0.717, 1.165) is 18.8 Å². The van der Waals surface area contributed by atoms with E-state index in [9.17, 15) is 8.78 Å². The summed E-state index contributed by atoms with van der Waals surface area (Å²) in [6.45, 7) is 2.97. The molecule has 3 nitrogen and oxygen atoms in total. The third-order valence-corrected chi connectivity index (χ3v) is 3.74. The van der Waals surface area contributed by atoms with Gasteiger partial charge in [-0.3, -0.25) is 4.98 Å². The number of hydrogen-bond acceptors (Lipinski definition) is 3. The van der Waals surface area contributed by atoms with Crippen LogP contribution in [-0.4, -0.2) is 28.5 Å². The van der Waals surface area contributed by atoms with Crippen LogP contribution in [0.5, 0.6) is 0 Å². The summed E-state index contributed by atoms with van der Waals surface area (Å²) >= 11 is 0. The van der Waals surface area contributed by atoms with Crippen molar-refractivity contribution in [2.45, 2.75) is 13.5 Å². The van der Waals surface area contributed by atoms with Crippen molar-refractivity contribution < 1.29 is 8.78 Å². The van der Waals surface area contributed by atoms with Gasteiger partial charge in [0.15, 0.2) is 0 Å². The van der Waals surface area contributed by atoms with E-state index in [1.807, 2.05) is 31.6 Å². The Bertz CT molecular complexity index is 728. The third kappa shape index (κ3) is 2.79. The molecular formula is C17H17F2N3. The molecule has 1 aliphatic rings. The molecule has 0 atom stereocenters. The van der Waals surface area contributed by atoms with Gasteiger partial charge < -0.3 is 9.80 Å². The summed E-state index contributed by atoms with van der Waals surface area (Å²) in [5.74, 6) is -1.09. The molecule has 1 aromatic carbocycles. The lowest BCUT2D eigenvalue weighted by Gasteiger charge is -2.18. The fourth-order valence-electron chi connectivity index (χ4n) is 2.51. The average Bonchev–Trinajstić information content (AvgIpc) is 2.90. The van der Waals surface area contributed by atoms with Gasteiger partial charge in [-0.15, -0.1) is 0 Å². The van der Waals surface area contributed by atoms with Gasteiger partial charge in [0.25, 0.3) is 0 Å². The SMILES string of the molecule is Cc1c(F)ccc(-c2cc(CN3C=CN(C)C3)ccn2)c1F. The zero-order chi connectivity index (χ0) is 15.7. The van der Waals surface area contributed by atoms with Crippen molar-refractivity contribution in [3.05, 3.63) is 65.6 Å². The first kappa shape index (κ1) is 14.5. The van der Waals surface area contributed by atoms with Gasteiger partial charge in [-0.25, -0.2) is 8.78 Å². The number of rotatable bonds is 3. The Balaban J connectivity index is 1.88. The highest BCUT2D eigenvalue weighted by Crippen LogP contribution is 2.25. The van der Waals surface area contributed by atoms with E-state index >= 15 is 0 Å². The second-order valence-corrected chi connectivity index (χ2v) is 5.53. The van der Waals surface area contributed by atoms with E-state index in [0.29, 0.717) is 11.3 Å². The minimum atomic E-state index is -0.551. The first-order chi connectivity index (χ1) is 10.5. The maximum atomic E-state index is 14.2. The Kier molecular flexibility index (Phi) is 3.79. The van der Waals surface area contributed by atoms with E-state index < -0.39 is 11.6 Å². The standard InChI is InChI=1S/C17H17F2N3/c1-12-15(18)4-3-14(17(12)19)16-9-13(5-6-20-16)10-22-8-7-21(2)11-22/h3-9H,10-11H2,1-2H3. The second kappa shape index (κ2) is 5.75. The van der Waals surface area contributed by atoms with Crippen LogP contribution in [0.25, 0.3) is 11.3 Å². The van der Waals surface area contributed by atoms with Crippen LogP contribution in [0.15, 0.2) is 42.9 Å². The summed E-state index contributed by atoms with van der Waals surface area (Å²) in [6.07, 6.45) is 5.68. The van der Waals surface area contributed by atoms with Gasteiger partial charge in [-0.2, -0.15) is 0 Å². The Morgan fingerprint density at radius 3 is 2.73 bits per heavy atom. The van der Waals surface area contributed by atoms with Gasteiger partial charge in [-0.1, -0.05) is 0 Å². The molecule has 0 N–H and O–H groups in total. The maximum absolute atomic E-state index is 14.2. The Morgan fingerprint density at radius 2 is 2.00 bits per heavy atom. The highest BCUT2D eigenvalue weighted by molar-refractivity contribution is 5.61. The zero-order valence-corrected chi connectivity index (χ0v) is 12.6. The Morgan fingerprint density at radius 1 is 1.18 bits per heavy atom. The number of nitrogens with zero attached hydrogens (tertiary/aromatic N) is 3.